The van der Waals surface area contributed by atoms with E-state index in [4.69, 9.17) is 16.0 Å². The van der Waals surface area contributed by atoms with Crippen LogP contribution in [0.3, 0.4) is 0 Å². The van der Waals surface area contributed by atoms with Gasteiger partial charge >= 0.3 is 0 Å². The standard InChI is InChI=1S/C11H15ClO/c1-3-4-5-6-11-10(9(2)12)7-8-13-11/h7-8H,2-6H2,1H3. The predicted octanol–water partition coefficient (Wildman–Crippen LogP) is 4.22. The number of aryl methyl sites for hydroxylation is 1. The van der Waals surface area contributed by atoms with E-state index in [1.54, 1.807) is 6.26 Å². The fourth-order valence-corrected chi connectivity index (χ4v) is 1.48. The molecular formula is C11H15ClO. The van der Waals surface area contributed by atoms with Crippen LogP contribution in [-0.2, 0) is 6.42 Å². The van der Waals surface area contributed by atoms with E-state index in [2.05, 4.69) is 13.5 Å². The highest BCUT2D eigenvalue weighted by atomic mass is 35.5. The van der Waals surface area contributed by atoms with Crippen molar-refractivity contribution >= 4 is 16.6 Å². The monoisotopic (exact) mass is 198 g/mol. The van der Waals surface area contributed by atoms with Crippen LogP contribution in [0.5, 0.6) is 0 Å². The first-order valence-electron chi connectivity index (χ1n) is 4.67. The maximum atomic E-state index is 5.81. The first-order chi connectivity index (χ1) is 6.25. The van der Waals surface area contributed by atoms with Crippen LogP contribution in [0.1, 0.15) is 37.5 Å². The van der Waals surface area contributed by atoms with Crippen LogP contribution < -0.4 is 0 Å². The summed E-state index contributed by atoms with van der Waals surface area (Å²) >= 11 is 5.81. The Bertz CT molecular complexity index is 275. The largest absolute Gasteiger partial charge is 0.469 e. The van der Waals surface area contributed by atoms with E-state index in [9.17, 15) is 0 Å². The Morgan fingerprint density at radius 2 is 2.31 bits per heavy atom. The lowest BCUT2D eigenvalue weighted by Crippen LogP contribution is -1.86. The SMILES string of the molecule is C=C(Cl)c1ccoc1CCCCC. The van der Waals surface area contributed by atoms with Crippen molar-refractivity contribution in [2.75, 3.05) is 0 Å². The number of rotatable bonds is 5. The van der Waals surface area contributed by atoms with Crippen LogP contribution in [0.2, 0.25) is 0 Å². The Morgan fingerprint density at radius 3 is 2.92 bits per heavy atom. The molecule has 0 aromatic carbocycles. The lowest BCUT2D eigenvalue weighted by molar-refractivity contribution is 0.496. The molecule has 0 aliphatic carbocycles. The maximum absolute atomic E-state index is 5.81. The van der Waals surface area contributed by atoms with E-state index < -0.39 is 0 Å². The summed E-state index contributed by atoms with van der Waals surface area (Å²) in [6, 6.07) is 1.87. The summed E-state index contributed by atoms with van der Waals surface area (Å²) in [5, 5.41) is 0.570. The number of halogens is 1. The molecule has 0 saturated carbocycles. The molecule has 0 bridgehead atoms. The van der Waals surface area contributed by atoms with Crippen LogP contribution in [0, 0.1) is 0 Å². The molecule has 2 heteroatoms. The molecule has 0 radical (unpaired) electrons. The van der Waals surface area contributed by atoms with Gasteiger partial charge in [-0.1, -0.05) is 37.9 Å². The van der Waals surface area contributed by atoms with Crippen molar-refractivity contribution in [2.45, 2.75) is 32.6 Å². The molecule has 0 unspecified atom stereocenters. The minimum Gasteiger partial charge on any atom is -0.469 e. The quantitative estimate of drug-likeness (QED) is 0.646. The van der Waals surface area contributed by atoms with Crippen molar-refractivity contribution in [2.24, 2.45) is 0 Å². The van der Waals surface area contributed by atoms with Gasteiger partial charge in [0.15, 0.2) is 0 Å². The van der Waals surface area contributed by atoms with E-state index in [0.717, 1.165) is 24.2 Å². The van der Waals surface area contributed by atoms with Gasteiger partial charge in [-0.15, -0.1) is 0 Å². The Kier molecular flexibility index (Phi) is 4.10. The van der Waals surface area contributed by atoms with Crippen LogP contribution in [-0.4, -0.2) is 0 Å². The molecule has 0 aliphatic rings. The van der Waals surface area contributed by atoms with Gasteiger partial charge in [0.05, 0.1) is 6.26 Å². The molecule has 1 rings (SSSR count). The minimum atomic E-state index is 0.570. The molecule has 1 aromatic heterocycles. The number of unbranched alkanes of at least 4 members (excludes halogenated alkanes) is 2. The average Bonchev–Trinajstić information content (AvgIpc) is 2.53. The van der Waals surface area contributed by atoms with Gasteiger partial charge in [0.2, 0.25) is 0 Å². The number of hydrogen-bond donors (Lipinski definition) is 0. The van der Waals surface area contributed by atoms with Crippen molar-refractivity contribution in [3.05, 3.63) is 30.2 Å². The zero-order valence-electron chi connectivity index (χ0n) is 7.98. The fourth-order valence-electron chi connectivity index (χ4n) is 1.31. The average molecular weight is 199 g/mol. The van der Waals surface area contributed by atoms with Crippen molar-refractivity contribution in [1.82, 2.24) is 0 Å². The summed E-state index contributed by atoms with van der Waals surface area (Å²) < 4.78 is 5.33. The smallest absolute Gasteiger partial charge is 0.112 e. The zero-order valence-corrected chi connectivity index (χ0v) is 8.73. The van der Waals surface area contributed by atoms with Gasteiger partial charge in [0, 0.05) is 17.0 Å². The Morgan fingerprint density at radius 1 is 1.54 bits per heavy atom. The van der Waals surface area contributed by atoms with Gasteiger partial charge in [-0.05, 0) is 12.5 Å². The number of furan rings is 1. The molecule has 0 spiro atoms. The molecule has 0 fully saturated rings. The molecule has 1 nitrogen and oxygen atoms in total. The maximum Gasteiger partial charge on any atom is 0.112 e. The summed E-state index contributed by atoms with van der Waals surface area (Å²) in [6.07, 6.45) is 6.24. The molecule has 0 saturated heterocycles. The van der Waals surface area contributed by atoms with Gasteiger partial charge in [-0.2, -0.15) is 0 Å². The summed E-state index contributed by atoms with van der Waals surface area (Å²) in [4.78, 5) is 0. The molecule has 72 valence electrons. The van der Waals surface area contributed by atoms with Gasteiger partial charge < -0.3 is 4.42 Å². The Balaban J connectivity index is 2.55. The van der Waals surface area contributed by atoms with Crippen molar-refractivity contribution in [3.63, 3.8) is 0 Å². The summed E-state index contributed by atoms with van der Waals surface area (Å²) in [5.41, 5.74) is 0.956. The normalized spacial score (nSPS) is 10.3. The Labute approximate surface area is 84.4 Å². The van der Waals surface area contributed by atoms with Gasteiger partial charge in [0.1, 0.15) is 5.76 Å². The van der Waals surface area contributed by atoms with Gasteiger partial charge in [0.25, 0.3) is 0 Å². The molecule has 0 N–H and O–H groups in total. The van der Waals surface area contributed by atoms with Crippen molar-refractivity contribution in [3.8, 4) is 0 Å². The lowest BCUT2D eigenvalue weighted by Gasteiger charge is -1.99. The first-order valence-corrected chi connectivity index (χ1v) is 5.04. The molecule has 1 aromatic rings. The second-order valence-electron chi connectivity index (χ2n) is 3.12. The lowest BCUT2D eigenvalue weighted by atomic mass is 10.1. The second-order valence-corrected chi connectivity index (χ2v) is 3.58. The third-order valence-corrected chi connectivity index (χ3v) is 2.25. The topological polar surface area (TPSA) is 13.1 Å². The Hall–Kier alpha value is -0.690. The third kappa shape index (κ3) is 2.92. The van der Waals surface area contributed by atoms with E-state index in [1.165, 1.54) is 12.8 Å². The van der Waals surface area contributed by atoms with Gasteiger partial charge in [-0.25, -0.2) is 0 Å². The molecule has 13 heavy (non-hydrogen) atoms. The van der Waals surface area contributed by atoms with Crippen LogP contribution in [0.25, 0.3) is 5.03 Å². The van der Waals surface area contributed by atoms with Crippen LogP contribution >= 0.6 is 11.6 Å². The van der Waals surface area contributed by atoms with E-state index >= 15 is 0 Å². The number of hydrogen-bond acceptors (Lipinski definition) is 1. The van der Waals surface area contributed by atoms with Crippen molar-refractivity contribution in [1.29, 1.82) is 0 Å². The predicted molar refractivity (Wildman–Crippen MR) is 56.8 cm³/mol. The van der Waals surface area contributed by atoms with Crippen LogP contribution in [0.15, 0.2) is 23.3 Å². The molecule has 1 heterocycles. The molecular weight excluding hydrogens is 184 g/mol. The minimum absolute atomic E-state index is 0.570. The van der Waals surface area contributed by atoms with Crippen LogP contribution in [0.4, 0.5) is 0 Å². The molecule has 0 atom stereocenters. The molecule has 0 aliphatic heterocycles. The third-order valence-electron chi connectivity index (χ3n) is 2.05. The van der Waals surface area contributed by atoms with E-state index in [1.807, 2.05) is 6.07 Å². The highest BCUT2D eigenvalue weighted by Gasteiger charge is 2.06. The van der Waals surface area contributed by atoms with E-state index in [-0.39, 0.29) is 0 Å². The van der Waals surface area contributed by atoms with Crippen molar-refractivity contribution < 1.29 is 4.42 Å². The van der Waals surface area contributed by atoms with E-state index in [0.29, 0.717) is 5.03 Å². The summed E-state index contributed by atoms with van der Waals surface area (Å²) in [5.74, 6) is 0.966. The summed E-state index contributed by atoms with van der Waals surface area (Å²) in [6.45, 7) is 5.88. The first kappa shape index (κ1) is 10.4. The highest BCUT2D eigenvalue weighted by Crippen LogP contribution is 2.23. The zero-order chi connectivity index (χ0) is 9.68. The second kappa shape index (κ2) is 5.13. The summed E-state index contributed by atoms with van der Waals surface area (Å²) in [7, 11) is 0. The molecule has 0 amide bonds. The van der Waals surface area contributed by atoms with Gasteiger partial charge in [-0.3, -0.25) is 0 Å². The highest BCUT2D eigenvalue weighted by molar-refractivity contribution is 6.48. The fraction of sp³-hybridized carbons (Fsp3) is 0.455.